The fraction of sp³-hybridized carbons (Fsp3) is 0.167. The Kier molecular flexibility index (Phi) is 3.10. The lowest BCUT2D eigenvalue weighted by Crippen LogP contribution is -1.92. The predicted octanol–water partition coefficient (Wildman–Crippen LogP) is 0.144. The monoisotopic (exact) mass is 108 g/mol. The Morgan fingerprint density at radius 1 is 1.75 bits per heavy atom. The molecule has 0 aromatic rings. The van der Waals surface area contributed by atoms with Gasteiger partial charge in [-0.05, 0) is 0 Å². The van der Waals surface area contributed by atoms with Crippen LogP contribution >= 0.6 is 0 Å². The SMILES string of the molecule is C#CC(=O)OC#CC. The molecule has 0 spiro atoms. The number of terminal acetylenes is 1. The molecule has 0 radical (unpaired) electrons. The molecular formula is C6H4O2. The maximum absolute atomic E-state index is 10.0. The molecule has 8 heavy (non-hydrogen) atoms. The van der Waals surface area contributed by atoms with Crippen molar-refractivity contribution in [2.24, 2.45) is 0 Å². The van der Waals surface area contributed by atoms with Crippen molar-refractivity contribution in [2.45, 2.75) is 6.92 Å². The molecule has 0 unspecified atom stereocenters. The Balaban J connectivity index is 3.55. The third-order valence-corrected chi connectivity index (χ3v) is 0.364. The minimum absolute atomic E-state index is 0.751. The van der Waals surface area contributed by atoms with E-state index in [1.807, 2.05) is 0 Å². The van der Waals surface area contributed by atoms with E-state index in [0.717, 1.165) is 0 Å². The molecule has 0 aromatic heterocycles. The first-order valence-corrected chi connectivity index (χ1v) is 1.90. The molecule has 0 saturated carbocycles. The zero-order valence-corrected chi connectivity index (χ0v) is 4.39. The van der Waals surface area contributed by atoms with Crippen LogP contribution in [0.5, 0.6) is 0 Å². The summed E-state index contributed by atoms with van der Waals surface area (Å²) in [5, 5.41) is 0. The lowest BCUT2D eigenvalue weighted by Gasteiger charge is -1.79. The van der Waals surface area contributed by atoms with E-state index in [9.17, 15) is 4.79 Å². The molecule has 2 nitrogen and oxygen atoms in total. The third-order valence-electron chi connectivity index (χ3n) is 0.364. The molecule has 0 saturated heterocycles. The van der Waals surface area contributed by atoms with Crippen molar-refractivity contribution in [1.29, 1.82) is 0 Å². The lowest BCUT2D eigenvalue weighted by molar-refractivity contribution is -0.130. The third kappa shape index (κ3) is 2.81. The first kappa shape index (κ1) is 6.59. The molecular weight excluding hydrogens is 104 g/mol. The topological polar surface area (TPSA) is 26.3 Å². The van der Waals surface area contributed by atoms with Crippen molar-refractivity contribution in [3.8, 4) is 24.4 Å². The highest BCUT2D eigenvalue weighted by atomic mass is 16.5. The maximum Gasteiger partial charge on any atom is 0.398 e. The van der Waals surface area contributed by atoms with Gasteiger partial charge in [-0.15, -0.1) is 6.42 Å². The maximum atomic E-state index is 10.0. The Morgan fingerprint density at radius 3 is 2.75 bits per heavy atom. The number of carbonyl (C=O) groups is 1. The number of esters is 1. The van der Waals surface area contributed by atoms with E-state index < -0.39 is 5.97 Å². The lowest BCUT2D eigenvalue weighted by atomic mass is 10.7. The molecule has 0 amide bonds. The van der Waals surface area contributed by atoms with E-state index in [1.165, 1.54) is 0 Å². The van der Waals surface area contributed by atoms with Crippen LogP contribution in [0.15, 0.2) is 0 Å². The number of hydrogen-bond donors (Lipinski definition) is 0. The number of rotatable bonds is 0. The number of carbonyl (C=O) groups excluding carboxylic acids is 1. The summed E-state index contributed by atoms with van der Waals surface area (Å²) in [4.78, 5) is 10.0. The predicted molar refractivity (Wildman–Crippen MR) is 28.4 cm³/mol. The quantitative estimate of drug-likeness (QED) is 0.251. The van der Waals surface area contributed by atoms with E-state index in [4.69, 9.17) is 0 Å². The Bertz CT molecular complexity index is 175. The molecule has 0 aliphatic heterocycles. The molecule has 0 aliphatic rings. The second-order valence-corrected chi connectivity index (χ2v) is 0.886. The van der Waals surface area contributed by atoms with E-state index in [0.29, 0.717) is 0 Å². The van der Waals surface area contributed by atoms with Crippen LogP contribution in [0.25, 0.3) is 0 Å². The molecule has 2 heteroatoms. The van der Waals surface area contributed by atoms with Gasteiger partial charge in [0.1, 0.15) is 6.11 Å². The summed E-state index contributed by atoms with van der Waals surface area (Å²) in [6, 6.07) is 0. The largest absolute Gasteiger partial charge is 0.398 e. The highest BCUT2D eigenvalue weighted by Crippen LogP contribution is 1.68. The average Bonchev–Trinajstić information content (AvgIpc) is 1.83. The molecule has 0 aromatic carbocycles. The second kappa shape index (κ2) is 3.77. The summed E-state index contributed by atoms with van der Waals surface area (Å²) in [6.07, 6.45) is 6.68. The fourth-order valence-corrected chi connectivity index (χ4v) is 0.127. The highest BCUT2D eigenvalue weighted by molar-refractivity contribution is 5.88. The normalized spacial score (nSPS) is 5.50. The molecule has 0 atom stereocenters. The molecule has 0 bridgehead atoms. The summed E-state index contributed by atoms with van der Waals surface area (Å²) < 4.78 is 4.10. The molecule has 40 valence electrons. The molecule has 0 N–H and O–H groups in total. The zero-order valence-electron chi connectivity index (χ0n) is 4.39. The minimum Gasteiger partial charge on any atom is -0.362 e. The van der Waals surface area contributed by atoms with E-state index in [-0.39, 0.29) is 0 Å². The Morgan fingerprint density at radius 2 is 2.38 bits per heavy atom. The van der Waals surface area contributed by atoms with Crippen LogP contribution in [0.4, 0.5) is 0 Å². The van der Waals surface area contributed by atoms with Gasteiger partial charge < -0.3 is 4.74 Å². The summed E-state index contributed by atoms with van der Waals surface area (Å²) in [7, 11) is 0. The molecule has 0 heterocycles. The van der Waals surface area contributed by atoms with Gasteiger partial charge in [0.25, 0.3) is 0 Å². The second-order valence-electron chi connectivity index (χ2n) is 0.886. The first-order chi connectivity index (χ1) is 3.81. The van der Waals surface area contributed by atoms with Gasteiger partial charge in [0.15, 0.2) is 0 Å². The van der Waals surface area contributed by atoms with Crippen LogP contribution in [-0.2, 0) is 9.53 Å². The van der Waals surface area contributed by atoms with Gasteiger partial charge in [-0.1, -0.05) is 5.92 Å². The van der Waals surface area contributed by atoms with Gasteiger partial charge >= 0.3 is 5.97 Å². The van der Waals surface area contributed by atoms with Crippen molar-refractivity contribution in [3.63, 3.8) is 0 Å². The minimum atomic E-state index is -0.751. The first-order valence-electron chi connectivity index (χ1n) is 1.90. The van der Waals surface area contributed by atoms with Crippen LogP contribution in [0.1, 0.15) is 6.92 Å². The number of ether oxygens (including phenoxy) is 1. The van der Waals surface area contributed by atoms with E-state index in [1.54, 1.807) is 12.8 Å². The summed E-state index contributed by atoms with van der Waals surface area (Å²) in [5.74, 6) is 3.33. The van der Waals surface area contributed by atoms with Crippen molar-refractivity contribution in [3.05, 3.63) is 0 Å². The van der Waals surface area contributed by atoms with Crippen molar-refractivity contribution < 1.29 is 9.53 Å². The van der Waals surface area contributed by atoms with Crippen LogP contribution in [0.3, 0.4) is 0 Å². The van der Waals surface area contributed by atoms with Gasteiger partial charge in [0, 0.05) is 12.8 Å². The number of hydrogen-bond acceptors (Lipinski definition) is 2. The van der Waals surface area contributed by atoms with Gasteiger partial charge in [0.2, 0.25) is 0 Å². The zero-order chi connectivity index (χ0) is 6.41. The fourth-order valence-electron chi connectivity index (χ4n) is 0.127. The van der Waals surface area contributed by atoms with E-state index in [2.05, 4.69) is 23.2 Å². The van der Waals surface area contributed by atoms with E-state index >= 15 is 0 Å². The van der Waals surface area contributed by atoms with Crippen molar-refractivity contribution in [2.75, 3.05) is 0 Å². The van der Waals surface area contributed by atoms with Crippen LogP contribution < -0.4 is 0 Å². The van der Waals surface area contributed by atoms with Crippen LogP contribution in [-0.4, -0.2) is 5.97 Å². The van der Waals surface area contributed by atoms with Crippen LogP contribution in [0.2, 0.25) is 0 Å². The molecule has 0 aliphatic carbocycles. The smallest absolute Gasteiger partial charge is 0.362 e. The summed E-state index contributed by atoms with van der Waals surface area (Å²) in [6.45, 7) is 1.55. The molecule has 0 rings (SSSR count). The standard InChI is InChI=1S/C6H4O2/c1-3-5-8-6(7)4-2/h2H,1H3. The van der Waals surface area contributed by atoms with Gasteiger partial charge in [0.05, 0.1) is 0 Å². The summed E-state index contributed by atoms with van der Waals surface area (Å²) in [5.41, 5.74) is 0. The van der Waals surface area contributed by atoms with Crippen molar-refractivity contribution in [1.82, 2.24) is 0 Å². The summed E-state index contributed by atoms with van der Waals surface area (Å²) >= 11 is 0. The van der Waals surface area contributed by atoms with Gasteiger partial charge in [-0.2, -0.15) is 0 Å². The Labute approximate surface area is 47.8 Å². The Hall–Kier alpha value is -1.41. The van der Waals surface area contributed by atoms with Crippen molar-refractivity contribution >= 4 is 5.97 Å². The average molecular weight is 108 g/mol. The molecule has 0 fully saturated rings. The van der Waals surface area contributed by atoms with Crippen LogP contribution in [0, 0.1) is 24.4 Å². The van der Waals surface area contributed by atoms with Gasteiger partial charge in [-0.25, -0.2) is 4.79 Å². The highest BCUT2D eigenvalue weighted by Gasteiger charge is 1.87. The van der Waals surface area contributed by atoms with Gasteiger partial charge in [-0.3, -0.25) is 0 Å².